The molecular formula is C29H29ClN4O3. The van der Waals surface area contributed by atoms with Crippen LogP contribution in [0.3, 0.4) is 0 Å². The average Bonchev–Trinajstić information content (AvgIpc) is 3.31. The third-order valence-corrected chi connectivity index (χ3v) is 6.07. The molecule has 1 heterocycles. The first kappa shape index (κ1) is 26.0. The molecule has 8 heteroatoms. The molecule has 1 aromatic heterocycles. The zero-order valence-corrected chi connectivity index (χ0v) is 21.8. The Morgan fingerprint density at radius 2 is 1.76 bits per heavy atom. The standard InChI is InChI=1S/C29H29ClN4O3/c1-4-37-23-14-10-13-22(17-23)34-18-26(21-11-6-5-7-12-21)31-29(34)32-27(35)19-33(20(2)3)28(36)24-15-8-9-16-25(24)30/h5-18,20H,4,19H2,1-3H3,(H,31,32,35). The molecule has 4 aromatic rings. The Labute approximate surface area is 221 Å². The van der Waals surface area contributed by atoms with Crippen LogP contribution < -0.4 is 10.1 Å². The van der Waals surface area contributed by atoms with Crippen molar-refractivity contribution in [3.63, 3.8) is 0 Å². The molecule has 0 saturated heterocycles. The number of ether oxygens (including phenoxy) is 1. The second kappa shape index (κ2) is 11.8. The van der Waals surface area contributed by atoms with E-state index in [0.717, 1.165) is 11.3 Å². The van der Waals surface area contributed by atoms with Gasteiger partial charge in [-0.3, -0.25) is 19.5 Å². The van der Waals surface area contributed by atoms with Gasteiger partial charge in [0.2, 0.25) is 11.9 Å². The van der Waals surface area contributed by atoms with Gasteiger partial charge in [0.25, 0.3) is 5.91 Å². The molecule has 0 fully saturated rings. The number of anilines is 1. The van der Waals surface area contributed by atoms with Crippen molar-refractivity contribution in [1.29, 1.82) is 0 Å². The number of hydrogen-bond donors (Lipinski definition) is 1. The van der Waals surface area contributed by atoms with E-state index in [4.69, 9.17) is 21.3 Å². The highest BCUT2D eigenvalue weighted by Gasteiger charge is 2.24. The Hall–Kier alpha value is -4.10. The number of carbonyl (C=O) groups is 2. The summed E-state index contributed by atoms with van der Waals surface area (Å²) in [5, 5.41) is 3.25. The van der Waals surface area contributed by atoms with E-state index >= 15 is 0 Å². The number of imidazole rings is 1. The number of benzene rings is 3. The van der Waals surface area contributed by atoms with Gasteiger partial charge in [-0.1, -0.05) is 60.1 Å². The van der Waals surface area contributed by atoms with Gasteiger partial charge in [0.05, 0.1) is 28.6 Å². The molecule has 1 N–H and O–H groups in total. The summed E-state index contributed by atoms with van der Waals surface area (Å²) in [7, 11) is 0. The maximum absolute atomic E-state index is 13.2. The molecule has 0 aliphatic heterocycles. The van der Waals surface area contributed by atoms with Crippen molar-refractivity contribution in [3.05, 3.63) is 95.6 Å². The predicted molar refractivity (Wildman–Crippen MR) is 146 cm³/mol. The molecule has 0 aliphatic rings. The lowest BCUT2D eigenvalue weighted by molar-refractivity contribution is -0.117. The van der Waals surface area contributed by atoms with Gasteiger partial charge in [0, 0.05) is 23.9 Å². The Morgan fingerprint density at radius 3 is 2.46 bits per heavy atom. The highest BCUT2D eigenvalue weighted by molar-refractivity contribution is 6.33. The summed E-state index contributed by atoms with van der Waals surface area (Å²) in [6.07, 6.45) is 1.87. The Kier molecular flexibility index (Phi) is 8.25. The lowest BCUT2D eigenvalue weighted by Gasteiger charge is -2.26. The summed E-state index contributed by atoms with van der Waals surface area (Å²) in [5.74, 6) is 0.366. The summed E-state index contributed by atoms with van der Waals surface area (Å²) in [6.45, 7) is 6.02. The Morgan fingerprint density at radius 1 is 1.03 bits per heavy atom. The van der Waals surface area contributed by atoms with E-state index < -0.39 is 0 Å². The number of amides is 2. The summed E-state index contributed by atoms with van der Waals surface area (Å²) in [6, 6.07) is 23.9. The molecule has 0 atom stereocenters. The smallest absolute Gasteiger partial charge is 0.256 e. The summed E-state index contributed by atoms with van der Waals surface area (Å²) in [4.78, 5) is 32.6. The van der Waals surface area contributed by atoms with Crippen LogP contribution in [0.25, 0.3) is 16.9 Å². The van der Waals surface area contributed by atoms with Gasteiger partial charge in [-0.05, 0) is 45.0 Å². The minimum atomic E-state index is -0.374. The van der Waals surface area contributed by atoms with Gasteiger partial charge < -0.3 is 9.64 Å². The highest BCUT2D eigenvalue weighted by Crippen LogP contribution is 2.26. The molecule has 7 nitrogen and oxygen atoms in total. The molecule has 3 aromatic carbocycles. The van der Waals surface area contributed by atoms with Gasteiger partial charge in [-0.25, -0.2) is 4.98 Å². The first-order valence-corrected chi connectivity index (χ1v) is 12.5. The van der Waals surface area contributed by atoms with Crippen molar-refractivity contribution in [3.8, 4) is 22.7 Å². The molecule has 4 rings (SSSR count). The van der Waals surface area contributed by atoms with Crippen LogP contribution in [-0.2, 0) is 4.79 Å². The number of halogens is 1. The normalized spacial score (nSPS) is 10.8. The quantitative estimate of drug-likeness (QED) is 0.292. The van der Waals surface area contributed by atoms with E-state index in [-0.39, 0.29) is 24.4 Å². The minimum Gasteiger partial charge on any atom is -0.494 e. The predicted octanol–water partition coefficient (Wildman–Crippen LogP) is 6.08. The van der Waals surface area contributed by atoms with Gasteiger partial charge in [-0.15, -0.1) is 0 Å². The van der Waals surface area contributed by atoms with Crippen molar-refractivity contribution >= 4 is 29.4 Å². The fraction of sp³-hybridized carbons (Fsp3) is 0.207. The zero-order chi connectivity index (χ0) is 26.4. The molecule has 0 saturated carbocycles. The molecule has 0 aliphatic carbocycles. The highest BCUT2D eigenvalue weighted by atomic mass is 35.5. The second-order valence-corrected chi connectivity index (χ2v) is 9.08. The number of carbonyl (C=O) groups excluding carboxylic acids is 2. The van der Waals surface area contributed by atoms with Crippen molar-refractivity contribution in [2.45, 2.75) is 26.8 Å². The SMILES string of the molecule is CCOc1cccc(-n2cc(-c3ccccc3)nc2NC(=O)CN(C(=O)c2ccccc2Cl)C(C)C)c1. The van der Waals surface area contributed by atoms with E-state index in [0.29, 0.717) is 34.6 Å². The first-order valence-electron chi connectivity index (χ1n) is 12.1. The largest absolute Gasteiger partial charge is 0.494 e. The number of hydrogen-bond acceptors (Lipinski definition) is 4. The van der Waals surface area contributed by atoms with E-state index in [2.05, 4.69) is 5.32 Å². The fourth-order valence-corrected chi connectivity index (χ4v) is 4.12. The van der Waals surface area contributed by atoms with Crippen LogP contribution in [0, 0.1) is 0 Å². The van der Waals surface area contributed by atoms with Gasteiger partial charge in [0.15, 0.2) is 0 Å². The number of rotatable bonds is 9. The van der Waals surface area contributed by atoms with Crippen molar-refractivity contribution in [2.75, 3.05) is 18.5 Å². The van der Waals surface area contributed by atoms with Crippen LogP contribution >= 0.6 is 11.6 Å². The van der Waals surface area contributed by atoms with Gasteiger partial charge >= 0.3 is 0 Å². The monoisotopic (exact) mass is 516 g/mol. The number of aromatic nitrogens is 2. The van der Waals surface area contributed by atoms with Crippen LogP contribution in [-0.4, -0.2) is 45.5 Å². The first-order chi connectivity index (χ1) is 17.9. The fourth-order valence-electron chi connectivity index (χ4n) is 3.90. The van der Waals surface area contributed by atoms with Crippen LogP contribution in [0.4, 0.5) is 5.95 Å². The molecule has 0 spiro atoms. The molecule has 0 radical (unpaired) electrons. The molecule has 2 amide bonds. The molecule has 190 valence electrons. The topological polar surface area (TPSA) is 76.5 Å². The molecular weight excluding hydrogens is 488 g/mol. The van der Waals surface area contributed by atoms with E-state index in [1.165, 1.54) is 4.90 Å². The van der Waals surface area contributed by atoms with Crippen LogP contribution in [0.5, 0.6) is 5.75 Å². The van der Waals surface area contributed by atoms with Gasteiger partial charge in [0.1, 0.15) is 12.3 Å². The van der Waals surface area contributed by atoms with E-state index in [1.54, 1.807) is 28.8 Å². The third-order valence-electron chi connectivity index (χ3n) is 5.74. The molecule has 37 heavy (non-hydrogen) atoms. The van der Waals surface area contributed by atoms with Crippen LogP contribution in [0.2, 0.25) is 5.02 Å². The Bertz CT molecular complexity index is 1380. The van der Waals surface area contributed by atoms with Gasteiger partial charge in [-0.2, -0.15) is 0 Å². The maximum Gasteiger partial charge on any atom is 0.256 e. The van der Waals surface area contributed by atoms with Crippen molar-refractivity contribution in [2.24, 2.45) is 0 Å². The number of nitrogens with zero attached hydrogens (tertiary/aromatic N) is 3. The second-order valence-electron chi connectivity index (χ2n) is 8.67. The lowest BCUT2D eigenvalue weighted by atomic mass is 10.1. The summed E-state index contributed by atoms with van der Waals surface area (Å²) >= 11 is 6.25. The lowest BCUT2D eigenvalue weighted by Crippen LogP contribution is -2.42. The van der Waals surface area contributed by atoms with Crippen LogP contribution in [0.15, 0.2) is 85.1 Å². The minimum absolute atomic E-state index is 0.158. The Balaban J connectivity index is 1.64. The third kappa shape index (κ3) is 6.19. The van der Waals surface area contributed by atoms with E-state index in [9.17, 15) is 9.59 Å². The molecule has 0 unspecified atom stereocenters. The van der Waals surface area contributed by atoms with Crippen molar-refractivity contribution < 1.29 is 14.3 Å². The zero-order valence-electron chi connectivity index (χ0n) is 21.0. The van der Waals surface area contributed by atoms with Crippen LogP contribution in [0.1, 0.15) is 31.1 Å². The van der Waals surface area contributed by atoms with Crippen molar-refractivity contribution in [1.82, 2.24) is 14.5 Å². The summed E-state index contributed by atoms with van der Waals surface area (Å²) in [5.41, 5.74) is 2.75. The van der Waals surface area contributed by atoms with E-state index in [1.807, 2.05) is 81.6 Å². The summed E-state index contributed by atoms with van der Waals surface area (Å²) < 4.78 is 7.47. The molecule has 0 bridgehead atoms. The number of nitrogens with one attached hydrogen (secondary N) is 1. The average molecular weight is 517 g/mol. The maximum atomic E-state index is 13.2.